The second-order valence-electron chi connectivity index (χ2n) is 0.433. The van der Waals surface area contributed by atoms with Gasteiger partial charge in [-0.15, -0.1) is 0 Å². The van der Waals surface area contributed by atoms with Crippen LogP contribution in [-0.4, -0.2) is 63.6 Å². The molecule has 0 heterocycles. The van der Waals surface area contributed by atoms with Gasteiger partial charge < -0.3 is 0 Å². The fraction of sp³-hybridized carbons (Fsp3) is 0. The Labute approximate surface area is 77.9 Å². The van der Waals surface area contributed by atoms with Crippen molar-refractivity contribution in [1.29, 1.82) is 0 Å². The summed E-state index contributed by atoms with van der Waals surface area (Å²) in [5, 5.41) is 14.4. The van der Waals surface area contributed by atoms with E-state index in [0.29, 0.717) is 0 Å². The van der Waals surface area contributed by atoms with Crippen LogP contribution in [0.4, 0.5) is 4.79 Å². The van der Waals surface area contributed by atoms with Crippen molar-refractivity contribution in [3.8, 4) is 0 Å². The second-order valence-corrected chi connectivity index (χ2v) is 0.433. The van der Waals surface area contributed by atoms with Crippen LogP contribution in [0.3, 0.4) is 0 Å². The minimum atomic E-state index is -1.55. The molecule has 0 aliphatic rings. The van der Waals surface area contributed by atoms with Crippen LogP contribution in [-0.2, 0) is 9.78 Å². The summed E-state index contributed by atoms with van der Waals surface area (Å²) in [6.45, 7) is 0. The van der Waals surface area contributed by atoms with Gasteiger partial charge in [-0.2, -0.15) is 15.3 Å². The molecule has 0 radical (unpaired) electrons. The zero-order chi connectivity index (χ0) is 4.99. The molecular formula is CH6AlNaO5. The normalized spacial score (nSPS) is 5.25. The van der Waals surface area contributed by atoms with Crippen molar-refractivity contribution in [2.75, 3.05) is 0 Å². The van der Waals surface area contributed by atoms with Crippen molar-refractivity contribution in [2.45, 2.75) is 0 Å². The average Bonchev–Trinajstić information content (AvgIpc) is 1.65. The minimum absolute atomic E-state index is 0. The van der Waals surface area contributed by atoms with Gasteiger partial charge in [0, 0.05) is 0 Å². The molecule has 2 N–H and O–H groups in total. The summed E-state index contributed by atoms with van der Waals surface area (Å²) < 4.78 is 0. The molecule has 0 saturated carbocycles. The third-order valence-corrected chi connectivity index (χ3v) is 0.149. The van der Waals surface area contributed by atoms with E-state index in [1.807, 2.05) is 0 Å². The van der Waals surface area contributed by atoms with Gasteiger partial charge in [0.05, 0.1) is 0 Å². The fourth-order valence-corrected chi connectivity index (χ4v) is 0.0167. The number of carbonyl (C=O) groups excluding carboxylic acids is 1. The fourth-order valence-electron chi connectivity index (χ4n) is 0.0167. The van der Waals surface area contributed by atoms with Crippen LogP contribution in [0.1, 0.15) is 0 Å². The molecule has 44 valence electrons. The predicted molar refractivity (Wildman–Crippen MR) is 29.9 cm³/mol. The van der Waals surface area contributed by atoms with Crippen molar-refractivity contribution >= 4 is 53.1 Å². The van der Waals surface area contributed by atoms with E-state index in [4.69, 9.17) is 10.5 Å². The Bertz CT molecular complexity index is 50.4. The van der Waals surface area contributed by atoms with Crippen molar-refractivity contribution in [3.05, 3.63) is 0 Å². The first kappa shape index (κ1) is 15.9. The molecule has 0 spiro atoms. The monoisotopic (exact) mass is 148 g/mol. The number of hydrogen-bond acceptors (Lipinski definition) is 5. The Balaban J connectivity index is -0.000000125. The van der Waals surface area contributed by atoms with Crippen LogP contribution in [0, 0.1) is 0 Å². The average molecular weight is 148 g/mol. The molecular weight excluding hydrogens is 142 g/mol. The van der Waals surface area contributed by atoms with Gasteiger partial charge in [-0.3, -0.25) is 9.78 Å². The summed E-state index contributed by atoms with van der Waals surface area (Å²) in [6, 6.07) is 0. The summed E-state index contributed by atoms with van der Waals surface area (Å²) >= 11 is 0. The standard InChI is InChI=1S/CH2O5.Al.Na.4H/c2-1(5-3)6-4;;;;;;/h3-4H;;;;;;. The Hall–Kier alpha value is 0.722. The van der Waals surface area contributed by atoms with Gasteiger partial charge in [0.2, 0.25) is 0 Å². The molecule has 0 rings (SSSR count). The molecule has 0 fully saturated rings. The zero-order valence-corrected chi connectivity index (χ0v) is 2.62. The molecule has 0 aliphatic carbocycles. The Morgan fingerprint density at radius 3 is 1.50 bits per heavy atom. The van der Waals surface area contributed by atoms with Gasteiger partial charge in [0.25, 0.3) is 0 Å². The Morgan fingerprint density at radius 1 is 1.25 bits per heavy atom. The first-order valence-corrected chi connectivity index (χ1v) is 0.978. The maximum atomic E-state index is 9.24. The molecule has 5 nitrogen and oxygen atoms in total. The predicted octanol–water partition coefficient (Wildman–Crippen LogP) is -1.75. The number of carbonyl (C=O) groups is 1. The number of rotatable bonds is 0. The van der Waals surface area contributed by atoms with E-state index in [-0.39, 0.29) is 46.9 Å². The molecule has 0 aliphatic heterocycles. The van der Waals surface area contributed by atoms with E-state index in [1.165, 1.54) is 0 Å². The molecule has 8 heavy (non-hydrogen) atoms. The quantitative estimate of drug-likeness (QED) is 0.242. The molecule has 0 atom stereocenters. The van der Waals surface area contributed by atoms with Crippen LogP contribution in [0.2, 0.25) is 0 Å². The maximum absolute atomic E-state index is 9.24. The van der Waals surface area contributed by atoms with Gasteiger partial charge in [-0.1, -0.05) is 0 Å². The van der Waals surface area contributed by atoms with Crippen molar-refractivity contribution in [1.82, 2.24) is 0 Å². The number of hydrogen-bond donors (Lipinski definition) is 2. The first-order chi connectivity index (χ1) is 2.81. The zero-order valence-electron chi connectivity index (χ0n) is 2.62. The summed E-state index contributed by atoms with van der Waals surface area (Å²) in [7, 11) is 0. The van der Waals surface area contributed by atoms with Crippen molar-refractivity contribution in [2.24, 2.45) is 0 Å². The van der Waals surface area contributed by atoms with Crippen LogP contribution >= 0.6 is 0 Å². The molecule has 0 bridgehead atoms. The van der Waals surface area contributed by atoms with Gasteiger partial charge in [-0.05, 0) is 0 Å². The molecule has 0 unspecified atom stereocenters. The van der Waals surface area contributed by atoms with Gasteiger partial charge in [0.15, 0.2) is 17.4 Å². The van der Waals surface area contributed by atoms with Crippen LogP contribution < -0.4 is 0 Å². The van der Waals surface area contributed by atoms with E-state index in [2.05, 4.69) is 9.78 Å². The van der Waals surface area contributed by atoms with E-state index in [0.717, 1.165) is 0 Å². The third kappa shape index (κ3) is 9.87. The van der Waals surface area contributed by atoms with E-state index in [1.54, 1.807) is 0 Å². The molecule has 0 aromatic heterocycles. The van der Waals surface area contributed by atoms with Gasteiger partial charge in [0.1, 0.15) is 0 Å². The van der Waals surface area contributed by atoms with E-state index in [9.17, 15) is 4.79 Å². The van der Waals surface area contributed by atoms with Gasteiger partial charge >= 0.3 is 35.7 Å². The summed E-state index contributed by atoms with van der Waals surface area (Å²) in [5.41, 5.74) is 0. The van der Waals surface area contributed by atoms with E-state index < -0.39 is 6.16 Å². The first-order valence-electron chi connectivity index (χ1n) is 0.978. The summed E-state index contributed by atoms with van der Waals surface area (Å²) in [5.74, 6) is 0. The second kappa shape index (κ2) is 10.7. The Kier molecular flexibility index (Phi) is 21.2. The molecule has 0 amide bonds. The van der Waals surface area contributed by atoms with Crippen molar-refractivity contribution in [3.63, 3.8) is 0 Å². The topological polar surface area (TPSA) is 76.0 Å². The SMILES string of the molecule is O=C(OO)OO.[AlH3].[NaH]. The molecule has 0 aromatic carbocycles. The van der Waals surface area contributed by atoms with Gasteiger partial charge in [-0.25, -0.2) is 0 Å². The summed E-state index contributed by atoms with van der Waals surface area (Å²) in [4.78, 5) is 14.8. The van der Waals surface area contributed by atoms with Crippen molar-refractivity contribution < 1.29 is 25.1 Å². The molecule has 7 heteroatoms. The molecule has 0 aromatic rings. The van der Waals surface area contributed by atoms with E-state index >= 15 is 0 Å². The van der Waals surface area contributed by atoms with Crippen LogP contribution in [0.25, 0.3) is 0 Å². The summed E-state index contributed by atoms with van der Waals surface area (Å²) in [6.07, 6.45) is -1.55. The third-order valence-electron chi connectivity index (χ3n) is 0.149. The van der Waals surface area contributed by atoms with Crippen LogP contribution in [0.5, 0.6) is 0 Å². The Morgan fingerprint density at radius 2 is 1.50 bits per heavy atom. The molecule has 0 saturated heterocycles. The van der Waals surface area contributed by atoms with Crippen LogP contribution in [0.15, 0.2) is 0 Å².